The van der Waals surface area contributed by atoms with Gasteiger partial charge in [-0.25, -0.2) is 0 Å². The average molecular weight is 257 g/mol. The zero-order chi connectivity index (χ0) is 10.6. The summed E-state index contributed by atoms with van der Waals surface area (Å²) in [6.45, 7) is 4.41. The van der Waals surface area contributed by atoms with Crippen molar-refractivity contribution in [2.45, 2.75) is 20.3 Å². The van der Waals surface area contributed by atoms with Crippen LogP contribution in [0.25, 0.3) is 0 Å². The van der Waals surface area contributed by atoms with Gasteiger partial charge >= 0.3 is 0 Å². The zero-order valence-electron chi connectivity index (χ0n) is 8.34. The van der Waals surface area contributed by atoms with Crippen LogP contribution < -0.4 is 4.74 Å². The molecule has 0 aliphatic carbocycles. The van der Waals surface area contributed by atoms with Gasteiger partial charge in [-0.15, -0.1) is 0 Å². The van der Waals surface area contributed by atoms with Crippen molar-refractivity contribution in [1.82, 2.24) is 0 Å². The lowest BCUT2D eigenvalue weighted by molar-refractivity contribution is 0.0988. The summed E-state index contributed by atoms with van der Waals surface area (Å²) in [6, 6.07) is 5.41. The molecule has 0 aliphatic rings. The highest BCUT2D eigenvalue weighted by Crippen LogP contribution is 2.26. The van der Waals surface area contributed by atoms with Crippen LogP contribution in [0.4, 0.5) is 0 Å². The van der Waals surface area contributed by atoms with Gasteiger partial charge in [-0.2, -0.15) is 0 Å². The van der Waals surface area contributed by atoms with Crippen molar-refractivity contribution in [3.63, 3.8) is 0 Å². The molecule has 0 unspecified atom stereocenters. The Bertz CT molecular complexity index is 334. The van der Waals surface area contributed by atoms with Gasteiger partial charge in [0.15, 0.2) is 5.78 Å². The van der Waals surface area contributed by atoms with E-state index in [2.05, 4.69) is 15.9 Å². The van der Waals surface area contributed by atoms with Gasteiger partial charge in [-0.3, -0.25) is 4.79 Å². The lowest BCUT2D eigenvalue weighted by atomic mass is 10.1. The first-order valence-electron chi connectivity index (χ1n) is 4.64. The maximum Gasteiger partial charge on any atom is 0.162 e. The van der Waals surface area contributed by atoms with Crippen molar-refractivity contribution in [3.05, 3.63) is 28.2 Å². The maximum atomic E-state index is 11.4. The molecule has 0 aliphatic heterocycles. The predicted molar refractivity (Wildman–Crippen MR) is 59.9 cm³/mol. The van der Waals surface area contributed by atoms with Crippen molar-refractivity contribution >= 4 is 21.7 Å². The minimum atomic E-state index is 0.147. The van der Waals surface area contributed by atoms with E-state index in [1.807, 2.05) is 19.9 Å². The topological polar surface area (TPSA) is 26.3 Å². The van der Waals surface area contributed by atoms with Crippen LogP contribution in [0, 0.1) is 0 Å². The summed E-state index contributed by atoms with van der Waals surface area (Å²) in [5, 5.41) is 0. The second-order valence-electron chi connectivity index (χ2n) is 2.85. The Morgan fingerprint density at radius 2 is 2.14 bits per heavy atom. The molecule has 1 aromatic rings. The number of carbonyl (C=O) groups is 1. The molecule has 0 bridgehead atoms. The Labute approximate surface area is 92.4 Å². The third-order valence-electron chi connectivity index (χ3n) is 1.87. The molecule has 0 saturated heterocycles. The Kier molecular flexibility index (Phi) is 4.14. The molecule has 0 heterocycles. The maximum absolute atomic E-state index is 11.4. The van der Waals surface area contributed by atoms with Crippen LogP contribution in [0.2, 0.25) is 0 Å². The van der Waals surface area contributed by atoms with Gasteiger partial charge < -0.3 is 4.74 Å². The summed E-state index contributed by atoms with van der Waals surface area (Å²) in [6.07, 6.45) is 0.528. The third kappa shape index (κ3) is 2.58. The van der Waals surface area contributed by atoms with E-state index in [1.165, 1.54) is 0 Å². The first-order valence-corrected chi connectivity index (χ1v) is 5.43. The van der Waals surface area contributed by atoms with Crippen molar-refractivity contribution < 1.29 is 9.53 Å². The lowest BCUT2D eigenvalue weighted by Crippen LogP contribution is -1.98. The van der Waals surface area contributed by atoms with Crippen molar-refractivity contribution in [1.29, 1.82) is 0 Å². The minimum Gasteiger partial charge on any atom is -0.493 e. The Morgan fingerprint density at radius 3 is 2.64 bits per heavy atom. The lowest BCUT2D eigenvalue weighted by Gasteiger charge is -2.06. The third-order valence-corrected chi connectivity index (χ3v) is 2.49. The van der Waals surface area contributed by atoms with Crippen molar-refractivity contribution in [2.24, 2.45) is 0 Å². The summed E-state index contributed by atoms with van der Waals surface area (Å²) in [4.78, 5) is 11.4. The first kappa shape index (κ1) is 11.2. The van der Waals surface area contributed by atoms with E-state index in [-0.39, 0.29) is 5.78 Å². The summed E-state index contributed by atoms with van der Waals surface area (Å²) in [7, 11) is 0. The van der Waals surface area contributed by atoms with Crippen molar-refractivity contribution in [3.8, 4) is 5.75 Å². The zero-order valence-corrected chi connectivity index (χ0v) is 9.93. The number of rotatable bonds is 4. The molecule has 76 valence electrons. The fourth-order valence-electron chi connectivity index (χ4n) is 1.15. The normalized spacial score (nSPS) is 9.93. The van der Waals surface area contributed by atoms with Crippen LogP contribution in [0.1, 0.15) is 30.6 Å². The number of Topliss-reactive ketones (excluding diaryl/α,β-unsaturated/α-hetero) is 1. The first-order chi connectivity index (χ1) is 6.69. The van der Waals surface area contributed by atoms with Gasteiger partial charge in [0.25, 0.3) is 0 Å². The molecule has 0 radical (unpaired) electrons. The Hall–Kier alpha value is -0.830. The molecule has 0 spiro atoms. The molecule has 1 aromatic carbocycles. The van der Waals surface area contributed by atoms with Crippen LogP contribution >= 0.6 is 15.9 Å². The number of benzene rings is 1. The molecular formula is C11H13BrO2. The number of hydrogen-bond donors (Lipinski definition) is 0. The standard InChI is InChI=1S/C11H13BrO2/c1-3-10(13)8-5-6-11(14-4-2)9(12)7-8/h5-7H,3-4H2,1-2H3. The minimum absolute atomic E-state index is 0.147. The quantitative estimate of drug-likeness (QED) is 0.772. The van der Waals surface area contributed by atoms with Gasteiger partial charge in [0.1, 0.15) is 5.75 Å². The molecule has 0 fully saturated rings. The fourth-order valence-corrected chi connectivity index (χ4v) is 1.64. The molecular weight excluding hydrogens is 244 g/mol. The largest absolute Gasteiger partial charge is 0.493 e. The molecule has 0 N–H and O–H groups in total. The number of ketones is 1. The predicted octanol–water partition coefficient (Wildman–Crippen LogP) is 3.44. The highest BCUT2D eigenvalue weighted by Gasteiger charge is 2.06. The summed E-state index contributed by atoms with van der Waals surface area (Å²) < 4.78 is 6.18. The smallest absolute Gasteiger partial charge is 0.162 e. The SMILES string of the molecule is CCOc1ccc(C(=O)CC)cc1Br. The number of carbonyl (C=O) groups excluding carboxylic acids is 1. The van der Waals surface area contributed by atoms with Crippen LogP contribution in [0.15, 0.2) is 22.7 Å². The van der Waals surface area contributed by atoms with E-state index in [4.69, 9.17) is 4.74 Å². The van der Waals surface area contributed by atoms with Gasteiger partial charge in [-0.05, 0) is 41.1 Å². The average Bonchev–Trinajstić information content (AvgIpc) is 2.20. The van der Waals surface area contributed by atoms with Gasteiger partial charge in [-0.1, -0.05) is 6.92 Å². The number of hydrogen-bond acceptors (Lipinski definition) is 2. The monoisotopic (exact) mass is 256 g/mol. The van der Waals surface area contributed by atoms with Crippen LogP contribution in [-0.2, 0) is 0 Å². The highest BCUT2D eigenvalue weighted by molar-refractivity contribution is 9.10. The Balaban J connectivity index is 2.94. The summed E-state index contributed by atoms with van der Waals surface area (Å²) >= 11 is 3.37. The second kappa shape index (κ2) is 5.15. The molecule has 14 heavy (non-hydrogen) atoms. The molecule has 0 aromatic heterocycles. The molecule has 1 rings (SSSR count). The summed E-state index contributed by atoms with van der Waals surface area (Å²) in [5.41, 5.74) is 0.725. The van der Waals surface area contributed by atoms with Gasteiger partial charge in [0.05, 0.1) is 11.1 Å². The molecule has 0 amide bonds. The van der Waals surface area contributed by atoms with E-state index < -0.39 is 0 Å². The molecule has 0 saturated carbocycles. The van der Waals surface area contributed by atoms with Gasteiger partial charge in [0, 0.05) is 12.0 Å². The van der Waals surface area contributed by atoms with Gasteiger partial charge in [0.2, 0.25) is 0 Å². The van der Waals surface area contributed by atoms with Crippen molar-refractivity contribution in [2.75, 3.05) is 6.61 Å². The van der Waals surface area contributed by atoms with Crippen LogP contribution in [0.5, 0.6) is 5.75 Å². The highest BCUT2D eigenvalue weighted by atomic mass is 79.9. The van der Waals surface area contributed by atoms with E-state index in [9.17, 15) is 4.79 Å². The second-order valence-corrected chi connectivity index (χ2v) is 3.71. The number of ether oxygens (including phenoxy) is 1. The van der Waals surface area contributed by atoms with E-state index in [0.29, 0.717) is 13.0 Å². The Morgan fingerprint density at radius 1 is 1.43 bits per heavy atom. The van der Waals surface area contributed by atoms with E-state index in [0.717, 1.165) is 15.8 Å². The van der Waals surface area contributed by atoms with E-state index >= 15 is 0 Å². The van der Waals surface area contributed by atoms with E-state index in [1.54, 1.807) is 12.1 Å². The molecule has 3 heteroatoms. The summed E-state index contributed by atoms with van der Waals surface area (Å²) in [5.74, 6) is 0.925. The van der Waals surface area contributed by atoms with Crippen LogP contribution in [0.3, 0.4) is 0 Å². The van der Waals surface area contributed by atoms with Crippen LogP contribution in [-0.4, -0.2) is 12.4 Å². The fraction of sp³-hybridized carbons (Fsp3) is 0.364. The number of halogens is 1. The molecule has 0 atom stereocenters. The molecule has 2 nitrogen and oxygen atoms in total.